The summed E-state index contributed by atoms with van der Waals surface area (Å²) in [6, 6.07) is 1.01. The van der Waals surface area contributed by atoms with Gasteiger partial charge in [0, 0.05) is 6.61 Å². The molecular weight excluding hydrogens is 247 g/mol. The van der Waals surface area contributed by atoms with Crippen LogP contribution in [0, 0.1) is 0 Å². The van der Waals surface area contributed by atoms with Gasteiger partial charge in [-0.2, -0.15) is 0 Å². The van der Waals surface area contributed by atoms with Crippen molar-refractivity contribution in [3.63, 3.8) is 0 Å². The smallest absolute Gasteiger partial charge is 0.248 e. The van der Waals surface area contributed by atoms with Gasteiger partial charge in [0.2, 0.25) is 6.69 Å². The average Bonchev–Trinajstić information content (AvgIpc) is 1.98. The molecular formula is C11H24Cl2OSi. The number of halogens is 2. The molecule has 0 aliphatic heterocycles. The Hall–Kier alpha value is 0.757. The minimum atomic E-state index is -1.84. The fraction of sp³-hybridized carbons (Fsp3) is 1.00. The van der Waals surface area contributed by atoms with Crippen LogP contribution in [0.3, 0.4) is 0 Å². The molecule has 0 aromatic carbocycles. The zero-order chi connectivity index (χ0) is 11.9. The van der Waals surface area contributed by atoms with Crippen LogP contribution < -0.4 is 0 Å². The third-order valence-corrected chi connectivity index (χ3v) is 4.41. The van der Waals surface area contributed by atoms with Crippen molar-refractivity contribution in [2.75, 3.05) is 6.61 Å². The summed E-state index contributed by atoms with van der Waals surface area (Å²) in [5.74, 6) is 0. The molecule has 0 amide bonds. The van der Waals surface area contributed by atoms with Gasteiger partial charge in [-0.05, 0) is 39.8 Å². The molecule has 0 saturated carbocycles. The third-order valence-electron chi connectivity index (χ3n) is 2.05. The van der Waals surface area contributed by atoms with E-state index in [1.165, 1.54) is 12.8 Å². The van der Waals surface area contributed by atoms with Crippen LogP contribution in [0.2, 0.25) is 12.6 Å². The fourth-order valence-corrected chi connectivity index (χ4v) is 2.94. The quantitative estimate of drug-likeness (QED) is 0.363. The average molecular weight is 271 g/mol. The molecule has 0 unspecified atom stereocenters. The van der Waals surface area contributed by atoms with E-state index in [2.05, 4.69) is 20.8 Å². The summed E-state index contributed by atoms with van der Waals surface area (Å²) in [6.07, 6.45) is 4.73. The molecule has 15 heavy (non-hydrogen) atoms. The van der Waals surface area contributed by atoms with Crippen LogP contribution in [-0.2, 0) is 4.74 Å². The molecule has 1 nitrogen and oxygen atoms in total. The Morgan fingerprint density at radius 1 is 1.00 bits per heavy atom. The van der Waals surface area contributed by atoms with Crippen molar-refractivity contribution in [3.05, 3.63) is 0 Å². The molecule has 0 bridgehead atoms. The molecule has 0 atom stereocenters. The van der Waals surface area contributed by atoms with Gasteiger partial charge in [-0.1, -0.05) is 19.3 Å². The van der Waals surface area contributed by atoms with Crippen molar-refractivity contribution in [2.24, 2.45) is 0 Å². The minimum Gasteiger partial charge on any atom is -0.376 e. The summed E-state index contributed by atoms with van der Waals surface area (Å²) in [6.45, 7) is 7.27. The summed E-state index contributed by atoms with van der Waals surface area (Å²) < 4.78 is 5.63. The normalized spacial score (nSPS) is 13.2. The molecule has 0 N–H and O–H groups in total. The first kappa shape index (κ1) is 15.8. The Labute approximate surface area is 105 Å². The van der Waals surface area contributed by atoms with Gasteiger partial charge in [0.05, 0.1) is 5.60 Å². The number of ether oxygens (including phenoxy) is 1. The van der Waals surface area contributed by atoms with Gasteiger partial charge in [0.1, 0.15) is 0 Å². The standard InChI is InChI=1S/C11H24Cl2OSi/c1-11(2,3)14-9-7-5-6-8-10-15(4,12)13/h5-10H2,1-4H3. The van der Waals surface area contributed by atoms with Gasteiger partial charge in [0.25, 0.3) is 0 Å². The minimum absolute atomic E-state index is 0.00222. The maximum Gasteiger partial charge on any atom is 0.248 e. The number of rotatable bonds is 7. The topological polar surface area (TPSA) is 9.23 Å². The number of hydrogen-bond acceptors (Lipinski definition) is 1. The first-order valence-corrected chi connectivity index (χ1v) is 10.5. The Balaban J connectivity index is 3.20. The molecule has 4 heteroatoms. The molecule has 0 aromatic rings. The first-order valence-electron chi connectivity index (χ1n) is 5.72. The van der Waals surface area contributed by atoms with E-state index < -0.39 is 6.69 Å². The van der Waals surface area contributed by atoms with Crippen LogP contribution >= 0.6 is 22.2 Å². The van der Waals surface area contributed by atoms with E-state index in [1.807, 2.05) is 6.55 Å². The van der Waals surface area contributed by atoms with E-state index in [-0.39, 0.29) is 5.60 Å². The summed E-state index contributed by atoms with van der Waals surface area (Å²) in [7, 11) is 0. The molecule has 0 radical (unpaired) electrons. The van der Waals surface area contributed by atoms with Crippen molar-refractivity contribution in [1.82, 2.24) is 0 Å². The zero-order valence-electron chi connectivity index (χ0n) is 10.4. The highest BCUT2D eigenvalue weighted by Gasteiger charge is 2.19. The van der Waals surface area contributed by atoms with Crippen molar-refractivity contribution in [2.45, 2.75) is 64.6 Å². The van der Waals surface area contributed by atoms with Crippen molar-refractivity contribution < 1.29 is 4.74 Å². The highest BCUT2D eigenvalue weighted by Crippen LogP contribution is 2.23. The van der Waals surface area contributed by atoms with Crippen LogP contribution in [0.25, 0.3) is 0 Å². The molecule has 0 heterocycles. The maximum absolute atomic E-state index is 6.01. The second kappa shape index (κ2) is 7.15. The molecule has 0 aliphatic rings. The van der Waals surface area contributed by atoms with Crippen LogP contribution in [0.15, 0.2) is 0 Å². The lowest BCUT2D eigenvalue weighted by atomic mass is 10.2. The van der Waals surface area contributed by atoms with Crippen molar-refractivity contribution >= 4 is 28.9 Å². The lowest BCUT2D eigenvalue weighted by Gasteiger charge is -2.19. The molecule has 0 saturated heterocycles. The Bertz CT molecular complexity index is 143. The Morgan fingerprint density at radius 2 is 1.53 bits per heavy atom. The summed E-state index contributed by atoms with van der Waals surface area (Å²) in [4.78, 5) is 0. The van der Waals surface area contributed by atoms with Gasteiger partial charge in [-0.15, -0.1) is 22.2 Å². The number of unbranched alkanes of at least 4 members (excludes halogenated alkanes) is 3. The SMILES string of the molecule is CC(C)(C)OCCCCCC[Si](C)(Cl)Cl. The second-order valence-corrected chi connectivity index (χ2v) is 13.4. The highest BCUT2D eigenvalue weighted by molar-refractivity contribution is 7.44. The van der Waals surface area contributed by atoms with Crippen molar-refractivity contribution in [1.29, 1.82) is 0 Å². The molecule has 0 rings (SSSR count). The summed E-state index contributed by atoms with van der Waals surface area (Å²) in [5, 5.41) is 0. The van der Waals surface area contributed by atoms with Crippen LogP contribution in [0.1, 0.15) is 46.5 Å². The maximum atomic E-state index is 6.01. The van der Waals surface area contributed by atoms with Crippen LogP contribution in [0.4, 0.5) is 0 Å². The fourth-order valence-electron chi connectivity index (χ4n) is 1.27. The molecule has 0 fully saturated rings. The van der Waals surface area contributed by atoms with Gasteiger partial charge < -0.3 is 4.74 Å². The van der Waals surface area contributed by atoms with Gasteiger partial charge in [-0.25, -0.2) is 0 Å². The van der Waals surface area contributed by atoms with E-state index >= 15 is 0 Å². The molecule has 0 spiro atoms. The van der Waals surface area contributed by atoms with E-state index in [0.29, 0.717) is 0 Å². The second-order valence-electron chi connectivity index (χ2n) is 5.20. The highest BCUT2D eigenvalue weighted by atomic mass is 35.7. The zero-order valence-corrected chi connectivity index (χ0v) is 12.9. The largest absolute Gasteiger partial charge is 0.376 e. The third kappa shape index (κ3) is 14.8. The van der Waals surface area contributed by atoms with Gasteiger partial charge in [0.15, 0.2) is 0 Å². The van der Waals surface area contributed by atoms with Crippen LogP contribution in [-0.4, -0.2) is 18.9 Å². The van der Waals surface area contributed by atoms with E-state index in [4.69, 9.17) is 26.9 Å². The lowest BCUT2D eigenvalue weighted by Crippen LogP contribution is -2.19. The Kier molecular flexibility index (Phi) is 7.52. The lowest BCUT2D eigenvalue weighted by molar-refractivity contribution is -0.00471. The summed E-state index contributed by atoms with van der Waals surface area (Å²) in [5.41, 5.74) is -0.00222. The van der Waals surface area contributed by atoms with E-state index in [9.17, 15) is 0 Å². The van der Waals surface area contributed by atoms with Crippen LogP contribution in [0.5, 0.6) is 0 Å². The van der Waals surface area contributed by atoms with Gasteiger partial charge in [-0.3, -0.25) is 0 Å². The molecule has 0 aliphatic carbocycles. The molecule has 0 aromatic heterocycles. The predicted octanol–water partition coefficient (Wildman–Crippen LogP) is 4.91. The first-order chi connectivity index (χ1) is 6.71. The summed E-state index contributed by atoms with van der Waals surface area (Å²) >= 11 is 12.0. The van der Waals surface area contributed by atoms with Crippen molar-refractivity contribution in [3.8, 4) is 0 Å². The number of hydrogen-bond donors (Lipinski definition) is 0. The van der Waals surface area contributed by atoms with Gasteiger partial charge >= 0.3 is 0 Å². The van der Waals surface area contributed by atoms with E-state index in [0.717, 1.165) is 25.5 Å². The van der Waals surface area contributed by atoms with E-state index in [1.54, 1.807) is 0 Å². The molecule has 92 valence electrons. The Morgan fingerprint density at radius 3 is 2.00 bits per heavy atom. The monoisotopic (exact) mass is 270 g/mol. The predicted molar refractivity (Wildman–Crippen MR) is 72.3 cm³/mol.